The summed E-state index contributed by atoms with van der Waals surface area (Å²) in [6.45, 7) is 4.25. The van der Waals surface area contributed by atoms with Crippen LogP contribution in [-0.4, -0.2) is 23.7 Å². The topological polar surface area (TPSA) is 32.3 Å². The minimum Gasteiger partial charge on any atom is -0.307 e. The zero-order chi connectivity index (χ0) is 20.2. The summed E-state index contributed by atoms with van der Waals surface area (Å²) in [6, 6.07) is 11.3. The van der Waals surface area contributed by atoms with Crippen LogP contribution in [0.2, 0.25) is 0 Å². The summed E-state index contributed by atoms with van der Waals surface area (Å²) < 4.78 is 53.4. The van der Waals surface area contributed by atoms with Crippen molar-refractivity contribution in [3.05, 3.63) is 65.5 Å². The van der Waals surface area contributed by atoms with E-state index in [0.717, 1.165) is 4.90 Å². The summed E-state index contributed by atoms with van der Waals surface area (Å²) in [5, 5.41) is 2.44. The molecule has 1 aliphatic rings. The maximum absolute atomic E-state index is 13.9. The Morgan fingerprint density at radius 3 is 2.26 bits per heavy atom. The lowest BCUT2D eigenvalue weighted by Gasteiger charge is -2.48. The maximum Gasteiger partial charge on any atom is 0.406 e. The average molecular weight is 382 g/mol. The van der Waals surface area contributed by atoms with Gasteiger partial charge < -0.3 is 10.2 Å². The summed E-state index contributed by atoms with van der Waals surface area (Å²) in [5.74, 6) is -0.574. The van der Waals surface area contributed by atoms with Gasteiger partial charge >= 0.3 is 12.2 Å². The Labute approximate surface area is 156 Å². The first kappa shape index (κ1) is 20.7. The largest absolute Gasteiger partial charge is 0.406 e. The normalized spacial score (nSPS) is 18.9. The third-order valence-corrected chi connectivity index (χ3v) is 4.48. The fraction of sp³-hybridized carbons (Fsp3) is 0.350. The van der Waals surface area contributed by atoms with E-state index in [9.17, 15) is 22.4 Å². The van der Waals surface area contributed by atoms with E-state index >= 15 is 0 Å². The number of nitrogens with zero attached hydrogens (tertiary/aromatic N) is 1. The quantitative estimate of drug-likeness (QED) is 0.657. The number of carbonyl (C=O) groups excluding carboxylic acids is 1. The molecule has 146 valence electrons. The maximum atomic E-state index is 13.9. The van der Waals surface area contributed by atoms with Gasteiger partial charge in [0.1, 0.15) is 12.4 Å². The number of amides is 2. The van der Waals surface area contributed by atoms with Gasteiger partial charge in [0.2, 0.25) is 0 Å². The van der Waals surface area contributed by atoms with Crippen molar-refractivity contribution in [2.24, 2.45) is 0 Å². The minimum absolute atomic E-state index is 0.164. The van der Waals surface area contributed by atoms with Crippen LogP contribution >= 0.6 is 0 Å². The van der Waals surface area contributed by atoms with Crippen LogP contribution in [0.1, 0.15) is 38.3 Å². The summed E-state index contributed by atoms with van der Waals surface area (Å²) in [7, 11) is 0. The highest BCUT2D eigenvalue weighted by atomic mass is 19.4. The predicted octanol–water partition coefficient (Wildman–Crippen LogP) is 5.92. The first-order valence-corrected chi connectivity index (χ1v) is 8.79. The van der Waals surface area contributed by atoms with Crippen molar-refractivity contribution in [2.45, 2.75) is 38.9 Å². The van der Waals surface area contributed by atoms with Crippen LogP contribution in [-0.2, 0) is 5.54 Å². The lowest BCUT2D eigenvalue weighted by atomic mass is 9.77. The molecule has 1 N–H and O–H groups in total. The monoisotopic (exact) mass is 382 g/mol. The first-order valence-electron chi connectivity index (χ1n) is 8.79. The van der Waals surface area contributed by atoms with Crippen molar-refractivity contribution in [3.8, 4) is 0 Å². The van der Waals surface area contributed by atoms with Gasteiger partial charge in [-0.3, -0.25) is 0 Å². The first-order chi connectivity index (χ1) is 12.8. The number of carbonyl (C=O) groups is 1. The molecule has 27 heavy (non-hydrogen) atoms. The van der Waals surface area contributed by atoms with Gasteiger partial charge in [-0.05, 0) is 30.2 Å². The van der Waals surface area contributed by atoms with E-state index in [4.69, 9.17) is 0 Å². The van der Waals surface area contributed by atoms with Gasteiger partial charge in [-0.25, -0.2) is 9.18 Å². The van der Waals surface area contributed by atoms with Crippen molar-refractivity contribution >= 4 is 11.7 Å². The molecule has 0 saturated heterocycles. The molecule has 2 aromatic rings. The van der Waals surface area contributed by atoms with Crippen molar-refractivity contribution in [2.75, 3.05) is 11.9 Å². The fourth-order valence-electron chi connectivity index (χ4n) is 3.47. The molecule has 0 fully saturated rings. The van der Waals surface area contributed by atoms with Gasteiger partial charge in [0, 0.05) is 11.3 Å². The van der Waals surface area contributed by atoms with Gasteiger partial charge in [0.05, 0.1) is 5.54 Å². The van der Waals surface area contributed by atoms with Crippen LogP contribution in [0.15, 0.2) is 48.5 Å². The number of hydrogen-bond donors (Lipinski definition) is 1. The molecule has 3 nitrogen and oxygen atoms in total. The van der Waals surface area contributed by atoms with Gasteiger partial charge in [-0.15, -0.1) is 0 Å². The molecule has 1 heterocycles. The molecule has 1 unspecified atom stereocenters. The zero-order valence-electron chi connectivity index (χ0n) is 15.4. The molecule has 3 rings (SSSR count). The molecule has 1 aliphatic heterocycles. The van der Waals surface area contributed by atoms with E-state index < -0.39 is 30.1 Å². The van der Waals surface area contributed by atoms with Gasteiger partial charge in [-0.1, -0.05) is 51.1 Å². The Morgan fingerprint density at radius 2 is 1.70 bits per heavy atom. The Hall–Kier alpha value is -2.57. The SMILES string of the molecule is CC.CCC1(c2ccccc2)c2cc(F)ccc2NC(=O)N1CC(F)(F)F. The number of benzene rings is 2. The number of rotatable bonds is 3. The molecule has 7 heteroatoms. The fourth-order valence-corrected chi connectivity index (χ4v) is 3.47. The molecule has 0 radical (unpaired) electrons. The Kier molecular flexibility index (Phi) is 6.13. The molecule has 1 atom stereocenters. The Bertz CT molecular complexity index is 792. The second-order valence-electron chi connectivity index (χ2n) is 5.90. The van der Waals surface area contributed by atoms with Crippen LogP contribution in [0.3, 0.4) is 0 Å². The second kappa shape index (κ2) is 7.98. The van der Waals surface area contributed by atoms with Crippen LogP contribution in [0.5, 0.6) is 0 Å². The highest BCUT2D eigenvalue weighted by molar-refractivity contribution is 5.94. The number of hydrogen-bond acceptors (Lipinski definition) is 1. The summed E-state index contributed by atoms with van der Waals surface area (Å²) in [6.07, 6.45) is -4.42. The minimum atomic E-state index is -4.59. The molecule has 0 aromatic heterocycles. The Morgan fingerprint density at radius 1 is 1.07 bits per heavy atom. The van der Waals surface area contributed by atoms with E-state index in [1.54, 1.807) is 37.3 Å². The standard InChI is InChI=1S/C18H16F4N2O.C2H6/c1-2-17(12-6-4-3-5-7-12)14-10-13(19)8-9-15(14)23-16(25)24(17)11-18(20,21)22;1-2/h3-10H,2,11H2,1H3,(H,23,25);1-2H3. The third-order valence-electron chi connectivity index (χ3n) is 4.48. The number of nitrogens with one attached hydrogen (secondary N) is 1. The molecule has 0 aliphatic carbocycles. The summed E-state index contributed by atoms with van der Waals surface area (Å²) >= 11 is 0. The van der Waals surface area contributed by atoms with Gasteiger partial charge in [-0.2, -0.15) is 13.2 Å². The zero-order valence-corrected chi connectivity index (χ0v) is 15.4. The molecular formula is C20H22F4N2O. The van der Waals surface area contributed by atoms with Gasteiger partial charge in [0.15, 0.2) is 0 Å². The smallest absolute Gasteiger partial charge is 0.307 e. The molecule has 0 saturated carbocycles. The van der Waals surface area contributed by atoms with Crippen LogP contribution in [0, 0.1) is 5.82 Å². The molecule has 2 amide bonds. The number of anilines is 1. The highest BCUT2D eigenvalue weighted by Crippen LogP contribution is 2.46. The summed E-state index contributed by atoms with van der Waals surface area (Å²) in [4.78, 5) is 13.2. The van der Waals surface area contributed by atoms with E-state index in [0.29, 0.717) is 16.8 Å². The van der Waals surface area contributed by atoms with Crippen molar-refractivity contribution in [1.82, 2.24) is 4.90 Å². The molecule has 0 spiro atoms. The molecule has 2 aromatic carbocycles. The Balaban J connectivity index is 0.00000126. The van der Waals surface area contributed by atoms with Crippen molar-refractivity contribution < 1.29 is 22.4 Å². The van der Waals surface area contributed by atoms with Crippen LogP contribution in [0.25, 0.3) is 0 Å². The van der Waals surface area contributed by atoms with Crippen molar-refractivity contribution in [1.29, 1.82) is 0 Å². The van der Waals surface area contributed by atoms with E-state index in [2.05, 4.69) is 5.32 Å². The second-order valence-corrected chi connectivity index (χ2v) is 5.90. The average Bonchev–Trinajstić information content (AvgIpc) is 2.65. The number of alkyl halides is 3. The predicted molar refractivity (Wildman–Crippen MR) is 97.0 cm³/mol. The number of urea groups is 1. The lowest BCUT2D eigenvalue weighted by molar-refractivity contribution is -0.148. The van der Waals surface area contributed by atoms with Crippen molar-refractivity contribution in [3.63, 3.8) is 0 Å². The third kappa shape index (κ3) is 3.91. The molecular weight excluding hydrogens is 360 g/mol. The lowest BCUT2D eigenvalue weighted by Crippen LogP contribution is -2.57. The summed E-state index contributed by atoms with van der Waals surface area (Å²) in [5.41, 5.74) is -0.277. The van der Waals surface area contributed by atoms with E-state index in [1.807, 2.05) is 13.8 Å². The van der Waals surface area contributed by atoms with Gasteiger partial charge in [0.25, 0.3) is 0 Å². The van der Waals surface area contributed by atoms with E-state index in [1.165, 1.54) is 18.2 Å². The molecule has 0 bridgehead atoms. The number of fused-ring (bicyclic) bond motifs is 1. The number of halogens is 4. The van der Waals surface area contributed by atoms with E-state index in [-0.39, 0.29) is 6.42 Å². The van der Waals surface area contributed by atoms with Crippen LogP contribution in [0.4, 0.5) is 28.0 Å². The van der Waals surface area contributed by atoms with Crippen LogP contribution < -0.4 is 5.32 Å². The highest BCUT2D eigenvalue weighted by Gasteiger charge is 2.50.